The van der Waals surface area contributed by atoms with Gasteiger partial charge in [-0.1, -0.05) is 0 Å². The van der Waals surface area contributed by atoms with E-state index in [9.17, 15) is 4.39 Å². The van der Waals surface area contributed by atoms with E-state index < -0.39 is 0 Å². The van der Waals surface area contributed by atoms with E-state index >= 15 is 0 Å². The number of anilines is 1. The van der Waals surface area contributed by atoms with Gasteiger partial charge in [0, 0.05) is 23.9 Å². The second-order valence-electron chi connectivity index (χ2n) is 3.13. The second-order valence-corrected chi connectivity index (χ2v) is 3.13. The number of nitrogens with one attached hydrogen (secondary N) is 1. The molecule has 13 heavy (non-hydrogen) atoms. The fourth-order valence-electron chi connectivity index (χ4n) is 1.77. The van der Waals surface area contributed by atoms with E-state index in [0.29, 0.717) is 11.3 Å². The summed E-state index contributed by atoms with van der Waals surface area (Å²) in [6.45, 7) is 0.907. The Morgan fingerprint density at radius 1 is 1.38 bits per heavy atom. The molecule has 1 N–H and O–H groups in total. The van der Waals surface area contributed by atoms with Gasteiger partial charge in [-0.15, -0.1) is 0 Å². The van der Waals surface area contributed by atoms with Crippen LogP contribution in [0.3, 0.4) is 0 Å². The predicted molar refractivity (Wildman–Crippen MR) is 44.7 cm³/mol. The van der Waals surface area contributed by atoms with Gasteiger partial charge in [-0.3, -0.25) is 0 Å². The Hall–Kier alpha value is -1.45. The molecule has 0 bridgehead atoms. The van der Waals surface area contributed by atoms with Gasteiger partial charge in [0.1, 0.15) is 0 Å². The van der Waals surface area contributed by atoms with Crippen LogP contribution in [0, 0.1) is 5.82 Å². The van der Waals surface area contributed by atoms with E-state index in [1.54, 1.807) is 6.07 Å². The highest BCUT2D eigenvalue weighted by molar-refractivity contribution is 5.64. The molecule has 3 rings (SSSR count). The fourth-order valence-corrected chi connectivity index (χ4v) is 1.77. The minimum atomic E-state index is -0.269. The van der Waals surface area contributed by atoms with Gasteiger partial charge >= 0.3 is 0 Å². The largest absolute Gasteiger partial charge is 0.453 e. The molecule has 1 aromatic carbocycles. The lowest BCUT2D eigenvalue weighted by Crippen LogP contribution is -1.94. The van der Waals surface area contributed by atoms with Crippen LogP contribution in [-0.4, -0.2) is 13.3 Å². The Morgan fingerprint density at radius 2 is 2.31 bits per heavy atom. The minimum Gasteiger partial charge on any atom is -0.453 e. The first-order valence-electron chi connectivity index (χ1n) is 4.21. The lowest BCUT2D eigenvalue weighted by atomic mass is 10.1. The highest BCUT2D eigenvalue weighted by atomic mass is 19.1. The van der Waals surface area contributed by atoms with E-state index in [2.05, 4.69) is 5.32 Å². The molecular weight excluding hydrogens is 173 g/mol. The van der Waals surface area contributed by atoms with Crippen LogP contribution in [0.2, 0.25) is 0 Å². The first-order chi connectivity index (χ1) is 6.36. The van der Waals surface area contributed by atoms with Gasteiger partial charge in [0.2, 0.25) is 12.5 Å². The Kier molecular flexibility index (Phi) is 1.23. The molecule has 0 atom stereocenters. The van der Waals surface area contributed by atoms with E-state index in [1.165, 1.54) is 0 Å². The van der Waals surface area contributed by atoms with Crippen molar-refractivity contribution in [1.29, 1.82) is 0 Å². The molecule has 2 aliphatic heterocycles. The number of hydrogen-bond donors (Lipinski definition) is 1. The molecule has 1 aromatic rings. The first-order valence-corrected chi connectivity index (χ1v) is 4.21. The summed E-state index contributed by atoms with van der Waals surface area (Å²) < 4.78 is 23.8. The fraction of sp³-hybridized carbons (Fsp3) is 0.333. The molecule has 2 heterocycles. The van der Waals surface area contributed by atoms with Crippen molar-refractivity contribution >= 4 is 5.69 Å². The lowest BCUT2D eigenvalue weighted by Gasteiger charge is -2.03. The Balaban J connectivity index is 2.26. The molecule has 0 saturated carbocycles. The summed E-state index contributed by atoms with van der Waals surface area (Å²) >= 11 is 0. The molecule has 0 spiro atoms. The van der Waals surface area contributed by atoms with Crippen LogP contribution in [0.5, 0.6) is 11.5 Å². The first kappa shape index (κ1) is 7.00. The highest BCUT2D eigenvalue weighted by Crippen LogP contribution is 2.41. The van der Waals surface area contributed by atoms with E-state index in [4.69, 9.17) is 9.47 Å². The van der Waals surface area contributed by atoms with Crippen molar-refractivity contribution in [3.05, 3.63) is 17.4 Å². The minimum absolute atomic E-state index is 0.120. The van der Waals surface area contributed by atoms with Crippen LogP contribution >= 0.6 is 0 Å². The van der Waals surface area contributed by atoms with Crippen LogP contribution in [0.25, 0.3) is 0 Å². The van der Waals surface area contributed by atoms with Crippen molar-refractivity contribution in [3.63, 3.8) is 0 Å². The van der Waals surface area contributed by atoms with Crippen LogP contribution < -0.4 is 14.8 Å². The maximum atomic E-state index is 13.6. The Morgan fingerprint density at radius 3 is 3.23 bits per heavy atom. The summed E-state index contributed by atoms with van der Waals surface area (Å²) in [7, 11) is 0. The summed E-state index contributed by atoms with van der Waals surface area (Å²) in [5.74, 6) is 0.503. The van der Waals surface area contributed by atoms with Crippen molar-refractivity contribution in [3.8, 4) is 11.5 Å². The summed E-state index contributed by atoms with van der Waals surface area (Å²) in [5, 5.41) is 3.10. The summed E-state index contributed by atoms with van der Waals surface area (Å²) in [6.07, 6.45) is 0.720. The van der Waals surface area contributed by atoms with E-state index in [1.807, 2.05) is 0 Å². The van der Waals surface area contributed by atoms with Gasteiger partial charge in [-0.05, 0) is 6.42 Å². The van der Waals surface area contributed by atoms with Crippen molar-refractivity contribution in [1.82, 2.24) is 0 Å². The van der Waals surface area contributed by atoms with Crippen molar-refractivity contribution in [2.24, 2.45) is 0 Å². The number of halogens is 1. The zero-order valence-corrected chi connectivity index (χ0v) is 6.89. The number of rotatable bonds is 0. The third kappa shape index (κ3) is 0.826. The number of benzene rings is 1. The van der Waals surface area contributed by atoms with Crippen LogP contribution in [0.15, 0.2) is 6.07 Å². The van der Waals surface area contributed by atoms with Gasteiger partial charge in [-0.25, -0.2) is 4.39 Å². The van der Waals surface area contributed by atoms with Crippen LogP contribution in [0.4, 0.5) is 10.1 Å². The summed E-state index contributed by atoms with van der Waals surface area (Å²) in [5.41, 5.74) is 1.55. The third-order valence-electron chi connectivity index (χ3n) is 2.40. The molecule has 0 radical (unpaired) electrons. The molecule has 68 valence electrons. The third-order valence-corrected chi connectivity index (χ3v) is 2.40. The lowest BCUT2D eigenvalue weighted by molar-refractivity contribution is 0.170. The zero-order chi connectivity index (χ0) is 8.84. The van der Waals surface area contributed by atoms with Crippen molar-refractivity contribution in [2.75, 3.05) is 18.7 Å². The van der Waals surface area contributed by atoms with Crippen molar-refractivity contribution in [2.45, 2.75) is 6.42 Å². The molecule has 0 aliphatic carbocycles. The molecule has 0 saturated heterocycles. The van der Waals surface area contributed by atoms with Gasteiger partial charge in [-0.2, -0.15) is 0 Å². The van der Waals surface area contributed by atoms with Crippen LogP contribution in [-0.2, 0) is 6.42 Å². The molecule has 2 aliphatic rings. The Labute approximate surface area is 74.5 Å². The monoisotopic (exact) mass is 181 g/mol. The Bertz CT molecular complexity index is 346. The van der Waals surface area contributed by atoms with Gasteiger partial charge in [0.05, 0.1) is 0 Å². The smallest absolute Gasteiger partial charge is 0.231 e. The number of hydrogen-bond acceptors (Lipinski definition) is 3. The number of fused-ring (bicyclic) bond motifs is 2. The standard InChI is InChI=1S/C9H8FNO2/c10-8-5-1-2-11-6(5)3-7-9(8)13-4-12-7/h3,11H,1-2,4H2. The van der Waals surface area contributed by atoms with Gasteiger partial charge in [0.15, 0.2) is 11.6 Å². The van der Waals surface area contributed by atoms with E-state index in [-0.39, 0.29) is 18.4 Å². The number of ether oxygens (including phenoxy) is 2. The SMILES string of the molecule is Fc1c2c(cc3c1OCO3)NCC2. The highest BCUT2D eigenvalue weighted by Gasteiger charge is 2.26. The molecular formula is C9H8FNO2. The van der Waals surface area contributed by atoms with Gasteiger partial charge < -0.3 is 14.8 Å². The van der Waals surface area contributed by atoms with Gasteiger partial charge in [0.25, 0.3) is 0 Å². The molecule has 0 amide bonds. The molecule has 4 heteroatoms. The zero-order valence-electron chi connectivity index (χ0n) is 6.89. The topological polar surface area (TPSA) is 30.5 Å². The van der Waals surface area contributed by atoms with Crippen molar-refractivity contribution < 1.29 is 13.9 Å². The molecule has 0 fully saturated rings. The summed E-state index contributed by atoms with van der Waals surface area (Å²) in [6, 6.07) is 1.80. The molecule has 0 unspecified atom stereocenters. The average Bonchev–Trinajstić information content (AvgIpc) is 2.71. The van der Waals surface area contributed by atoms with Crippen LogP contribution in [0.1, 0.15) is 5.56 Å². The maximum Gasteiger partial charge on any atom is 0.231 e. The second kappa shape index (κ2) is 2.28. The maximum absolute atomic E-state index is 13.6. The quantitative estimate of drug-likeness (QED) is 0.658. The predicted octanol–water partition coefficient (Wildman–Crippen LogP) is 1.52. The average molecular weight is 181 g/mol. The molecule has 3 nitrogen and oxygen atoms in total. The summed E-state index contributed by atoms with van der Waals surface area (Å²) in [4.78, 5) is 0. The normalized spacial score (nSPS) is 17.0. The molecule has 0 aromatic heterocycles. The van der Waals surface area contributed by atoms with E-state index in [0.717, 1.165) is 18.7 Å².